The Kier molecular flexibility index (Phi) is 6.69. The first-order valence-corrected chi connectivity index (χ1v) is 7.85. The fourth-order valence-corrected chi connectivity index (χ4v) is 2.43. The number of anilines is 1. The van der Waals surface area contributed by atoms with E-state index in [1.165, 1.54) is 0 Å². The zero-order chi connectivity index (χ0) is 16.9. The number of aryl methyl sites for hydroxylation is 1. The highest BCUT2D eigenvalue weighted by atomic mass is 35.5. The number of ether oxygens (including phenoxy) is 2. The molecule has 1 aromatic carbocycles. The van der Waals surface area contributed by atoms with Crippen LogP contribution in [0.25, 0.3) is 0 Å². The summed E-state index contributed by atoms with van der Waals surface area (Å²) in [5, 5.41) is 6.03. The summed E-state index contributed by atoms with van der Waals surface area (Å²) in [5.41, 5.74) is 1.53. The monoisotopic (exact) mass is 364 g/mol. The molecule has 0 radical (unpaired) electrons. The van der Waals surface area contributed by atoms with Crippen molar-refractivity contribution < 1.29 is 14.3 Å². The smallest absolute Gasteiger partial charge is 0.322 e. The average molecular weight is 365 g/mol. The van der Waals surface area contributed by atoms with Crippen molar-refractivity contribution in [1.29, 1.82) is 0 Å². The van der Waals surface area contributed by atoms with Gasteiger partial charge in [0.25, 0.3) is 0 Å². The summed E-state index contributed by atoms with van der Waals surface area (Å²) < 4.78 is 11.1. The number of benzene rings is 1. The zero-order valence-electron chi connectivity index (χ0n) is 14.1. The van der Waals surface area contributed by atoms with Crippen LogP contribution in [0.15, 0.2) is 36.5 Å². The second-order valence-electron chi connectivity index (χ2n) is 5.60. The van der Waals surface area contributed by atoms with Crippen LogP contribution in [0.3, 0.4) is 0 Å². The highest BCUT2D eigenvalue weighted by molar-refractivity contribution is 5.95. The first-order valence-electron chi connectivity index (χ1n) is 7.85. The summed E-state index contributed by atoms with van der Waals surface area (Å²) in [4.78, 5) is 20.5. The van der Waals surface area contributed by atoms with Gasteiger partial charge in [-0.2, -0.15) is 0 Å². The lowest BCUT2D eigenvalue weighted by Gasteiger charge is -2.29. The molecule has 2 heterocycles. The molecule has 0 unspecified atom stereocenters. The van der Waals surface area contributed by atoms with Crippen molar-refractivity contribution in [2.24, 2.45) is 0 Å². The van der Waals surface area contributed by atoms with E-state index in [-0.39, 0.29) is 30.5 Å². The third-order valence-electron chi connectivity index (χ3n) is 3.70. The van der Waals surface area contributed by atoms with Crippen LogP contribution in [-0.2, 0) is 9.53 Å². The van der Waals surface area contributed by atoms with E-state index in [0.29, 0.717) is 30.6 Å². The quantitative estimate of drug-likeness (QED) is 0.866. The number of halogens is 1. The normalized spacial score (nSPS) is 19.6. The standard InChI is InChI=1S/C17H20N4O3.ClH/c1-11-7-8-19-17(20-11)24-14-5-3-13(4-6-14)21-16(22)15-12(2)23-10-9-18-15;/h3-8,12,15,18H,9-10H2,1-2H3,(H,21,22);1H/t12-,15+;/m1./s1. The van der Waals surface area contributed by atoms with Crippen molar-refractivity contribution in [3.63, 3.8) is 0 Å². The first kappa shape index (κ1) is 19.1. The molecule has 8 heteroatoms. The molecule has 1 amide bonds. The Balaban J connectivity index is 0.00000225. The second kappa shape index (κ2) is 8.75. The van der Waals surface area contributed by atoms with E-state index in [2.05, 4.69) is 20.6 Å². The van der Waals surface area contributed by atoms with Gasteiger partial charge >= 0.3 is 6.01 Å². The van der Waals surface area contributed by atoms with Crippen molar-refractivity contribution >= 4 is 24.0 Å². The number of carbonyl (C=O) groups excluding carboxylic acids is 1. The predicted octanol–water partition coefficient (Wildman–Crippen LogP) is 2.31. The number of hydrogen-bond acceptors (Lipinski definition) is 6. The molecule has 3 rings (SSSR count). The summed E-state index contributed by atoms with van der Waals surface area (Å²) in [6.07, 6.45) is 1.49. The maximum absolute atomic E-state index is 12.3. The maximum atomic E-state index is 12.3. The molecule has 1 aromatic heterocycles. The summed E-state index contributed by atoms with van der Waals surface area (Å²) in [7, 11) is 0. The Labute approximate surface area is 152 Å². The van der Waals surface area contributed by atoms with Gasteiger partial charge in [0, 0.05) is 24.1 Å². The molecule has 25 heavy (non-hydrogen) atoms. The van der Waals surface area contributed by atoms with E-state index >= 15 is 0 Å². The first-order chi connectivity index (χ1) is 11.6. The van der Waals surface area contributed by atoms with Crippen LogP contribution in [0.1, 0.15) is 12.6 Å². The zero-order valence-corrected chi connectivity index (χ0v) is 14.9. The fraction of sp³-hybridized carbons (Fsp3) is 0.353. The van der Waals surface area contributed by atoms with Gasteiger partial charge in [0.1, 0.15) is 11.8 Å². The molecule has 1 saturated heterocycles. The van der Waals surface area contributed by atoms with Gasteiger partial charge in [0.2, 0.25) is 5.91 Å². The molecular weight excluding hydrogens is 344 g/mol. The van der Waals surface area contributed by atoms with Crippen LogP contribution in [0.4, 0.5) is 5.69 Å². The van der Waals surface area contributed by atoms with E-state index in [9.17, 15) is 4.79 Å². The van der Waals surface area contributed by atoms with Gasteiger partial charge in [-0.3, -0.25) is 4.79 Å². The number of carbonyl (C=O) groups is 1. The minimum absolute atomic E-state index is 0. The van der Waals surface area contributed by atoms with Crippen molar-refractivity contribution in [2.75, 3.05) is 18.5 Å². The number of amides is 1. The van der Waals surface area contributed by atoms with Gasteiger partial charge in [-0.1, -0.05) is 0 Å². The van der Waals surface area contributed by atoms with Crippen LogP contribution in [0.2, 0.25) is 0 Å². The Hall–Kier alpha value is -2.22. The van der Waals surface area contributed by atoms with Crippen LogP contribution in [0.5, 0.6) is 11.8 Å². The third-order valence-corrected chi connectivity index (χ3v) is 3.70. The Morgan fingerprint density at radius 1 is 1.32 bits per heavy atom. The molecule has 1 aliphatic heterocycles. The van der Waals surface area contributed by atoms with Crippen molar-refractivity contribution in [1.82, 2.24) is 15.3 Å². The van der Waals surface area contributed by atoms with Crippen LogP contribution < -0.4 is 15.4 Å². The topological polar surface area (TPSA) is 85.4 Å². The number of aromatic nitrogens is 2. The van der Waals surface area contributed by atoms with Crippen LogP contribution >= 0.6 is 12.4 Å². The molecule has 2 aromatic rings. The number of nitrogens with one attached hydrogen (secondary N) is 2. The molecule has 134 valence electrons. The summed E-state index contributed by atoms with van der Waals surface area (Å²) in [5.74, 6) is 0.490. The van der Waals surface area contributed by atoms with Gasteiger partial charge in [0.15, 0.2) is 0 Å². The summed E-state index contributed by atoms with van der Waals surface area (Å²) in [6.45, 7) is 5.05. The van der Waals surface area contributed by atoms with Gasteiger partial charge in [0.05, 0.1) is 12.7 Å². The van der Waals surface area contributed by atoms with Gasteiger partial charge < -0.3 is 20.1 Å². The lowest BCUT2D eigenvalue weighted by Crippen LogP contribution is -2.53. The van der Waals surface area contributed by atoms with Crippen molar-refractivity contribution in [2.45, 2.75) is 26.0 Å². The summed E-state index contributed by atoms with van der Waals surface area (Å²) in [6, 6.07) is 8.81. The lowest BCUT2D eigenvalue weighted by atomic mass is 10.1. The van der Waals surface area contributed by atoms with E-state index in [1.54, 1.807) is 36.5 Å². The molecule has 2 atom stereocenters. The average Bonchev–Trinajstić information content (AvgIpc) is 2.57. The fourth-order valence-electron chi connectivity index (χ4n) is 2.43. The van der Waals surface area contributed by atoms with Crippen molar-refractivity contribution in [3.8, 4) is 11.8 Å². The minimum atomic E-state index is -0.352. The summed E-state index contributed by atoms with van der Waals surface area (Å²) >= 11 is 0. The highest BCUT2D eigenvalue weighted by Gasteiger charge is 2.28. The number of hydrogen-bond donors (Lipinski definition) is 2. The molecule has 7 nitrogen and oxygen atoms in total. The van der Waals surface area contributed by atoms with E-state index in [0.717, 1.165) is 5.69 Å². The largest absolute Gasteiger partial charge is 0.424 e. The molecule has 0 aliphatic carbocycles. The lowest BCUT2D eigenvalue weighted by molar-refractivity contribution is -0.123. The Morgan fingerprint density at radius 2 is 2.08 bits per heavy atom. The number of rotatable bonds is 4. The third kappa shape index (κ3) is 5.12. The molecule has 0 bridgehead atoms. The van der Waals surface area contributed by atoms with Gasteiger partial charge in [-0.05, 0) is 44.2 Å². The molecular formula is C17H21ClN4O3. The molecule has 1 fully saturated rings. The van der Waals surface area contributed by atoms with Gasteiger partial charge in [-0.15, -0.1) is 12.4 Å². The highest BCUT2D eigenvalue weighted by Crippen LogP contribution is 2.20. The molecule has 0 spiro atoms. The SMILES string of the molecule is Cc1ccnc(Oc2ccc(NC(=O)[C@H]3NCCO[C@@H]3C)cc2)n1.Cl. The van der Waals surface area contributed by atoms with Gasteiger partial charge in [-0.25, -0.2) is 9.97 Å². The minimum Gasteiger partial charge on any atom is -0.424 e. The maximum Gasteiger partial charge on any atom is 0.322 e. The Morgan fingerprint density at radius 3 is 2.76 bits per heavy atom. The molecule has 1 aliphatic rings. The number of morpholine rings is 1. The van der Waals surface area contributed by atoms with Crippen LogP contribution in [-0.4, -0.2) is 41.2 Å². The van der Waals surface area contributed by atoms with Crippen LogP contribution in [0, 0.1) is 6.92 Å². The second-order valence-corrected chi connectivity index (χ2v) is 5.60. The van der Waals surface area contributed by atoms with Crippen molar-refractivity contribution in [3.05, 3.63) is 42.2 Å². The number of nitrogens with zero attached hydrogens (tertiary/aromatic N) is 2. The van der Waals surface area contributed by atoms with E-state index in [1.807, 2.05) is 13.8 Å². The predicted molar refractivity (Wildman–Crippen MR) is 96.4 cm³/mol. The molecule has 2 N–H and O–H groups in total. The van der Waals surface area contributed by atoms with E-state index < -0.39 is 0 Å². The molecule has 0 saturated carbocycles. The Bertz CT molecular complexity index is 711. The van der Waals surface area contributed by atoms with E-state index in [4.69, 9.17) is 9.47 Å².